The molecule has 0 fully saturated rings. The fourth-order valence-corrected chi connectivity index (χ4v) is 4.34. The van der Waals surface area contributed by atoms with E-state index >= 15 is 0 Å². The highest BCUT2D eigenvalue weighted by atomic mass is 35.5. The summed E-state index contributed by atoms with van der Waals surface area (Å²) in [4.78, 5) is 18.3. The van der Waals surface area contributed by atoms with Crippen LogP contribution in [0.15, 0.2) is 54.6 Å². The Bertz CT molecular complexity index is 1200. The molecule has 4 aromatic rings. The lowest BCUT2D eigenvalue weighted by Crippen LogP contribution is -2.04. The van der Waals surface area contributed by atoms with Gasteiger partial charge in [0.15, 0.2) is 0 Å². The molecular formula is C23H19ClN2O2S. The van der Waals surface area contributed by atoms with Gasteiger partial charge in [-0.15, -0.1) is 11.3 Å². The molecule has 2 N–H and O–H groups in total. The van der Waals surface area contributed by atoms with Gasteiger partial charge in [-0.25, -0.2) is 9.78 Å². The second-order valence-corrected chi connectivity index (χ2v) is 8.11. The zero-order chi connectivity index (χ0) is 20.5. The largest absolute Gasteiger partial charge is 0.462 e. The number of nitrogens with zero attached hydrogens (tertiary/aromatic N) is 1. The van der Waals surface area contributed by atoms with Gasteiger partial charge in [0.2, 0.25) is 0 Å². The van der Waals surface area contributed by atoms with E-state index in [1.54, 1.807) is 6.92 Å². The van der Waals surface area contributed by atoms with Crippen molar-refractivity contribution in [1.29, 1.82) is 0 Å². The van der Waals surface area contributed by atoms with Gasteiger partial charge >= 0.3 is 5.97 Å². The third kappa shape index (κ3) is 3.71. The molecule has 0 bridgehead atoms. The van der Waals surface area contributed by atoms with Crippen LogP contribution in [-0.2, 0) is 4.74 Å². The van der Waals surface area contributed by atoms with Gasteiger partial charge in [-0.2, -0.15) is 0 Å². The van der Waals surface area contributed by atoms with Crippen molar-refractivity contribution < 1.29 is 9.53 Å². The van der Waals surface area contributed by atoms with E-state index in [2.05, 4.69) is 12.1 Å². The molecule has 2 aromatic carbocycles. The third-order valence-corrected chi connectivity index (χ3v) is 5.99. The number of ether oxygens (including phenoxy) is 1. The van der Waals surface area contributed by atoms with Gasteiger partial charge in [-0.05, 0) is 43.2 Å². The minimum atomic E-state index is -0.424. The number of aromatic nitrogens is 1. The number of hydrogen-bond acceptors (Lipinski definition) is 5. The quantitative estimate of drug-likeness (QED) is 0.389. The molecule has 0 radical (unpaired) electrons. The Kier molecular flexibility index (Phi) is 5.26. The predicted molar refractivity (Wildman–Crippen MR) is 121 cm³/mol. The first-order chi connectivity index (χ1) is 14.0. The Morgan fingerprint density at radius 3 is 2.41 bits per heavy atom. The van der Waals surface area contributed by atoms with Crippen molar-refractivity contribution in [3.8, 4) is 22.4 Å². The van der Waals surface area contributed by atoms with E-state index < -0.39 is 5.97 Å². The van der Waals surface area contributed by atoms with Gasteiger partial charge in [-0.3, -0.25) is 0 Å². The van der Waals surface area contributed by atoms with E-state index in [9.17, 15) is 4.79 Å². The number of halogens is 1. The van der Waals surface area contributed by atoms with Crippen molar-refractivity contribution in [3.05, 3.63) is 70.1 Å². The van der Waals surface area contributed by atoms with Gasteiger partial charge < -0.3 is 10.5 Å². The maximum Gasteiger partial charge on any atom is 0.350 e. The average Bonchev–Trinajstić information content (AvgIpc) is 3.05. The zero-order valence-electron chi connectivity index (χ0n) is 16.0. The smallest absolute Gasteiger partial charge is 0.350 e. The minimum absolute atomic E-state index is 0.290. The highest BCUT2D eigenvalue weighted by Crippen LogP contribution is 2.41. The number of pyridine rings is 1. The van der Waals surface area contributed by atoms with Gasteiger partial charge in [0.25, 0.3) is 0 Å². The molecule has 6 heteroatoms. The van der Waals surface area contributed by atoms with Crippen LogP contribution in [-0.4, -0.2) is 17.6 Å². The van der Waals surface area contributed by atoms with Crippen LogP contribution in [0.3, 0.4) is 0 Å². The number of hydrogen-bond donors (Lipinski definition) is 1. The van der Waals surface area contributed by atoms with Crippen LogP contribution in [0.5, 0.6) is 0 Å². The summed E-state index contributed by atoms with van der Waals surface area (Å²) in [6, 6.07) is 17.7. The summed E-state index contributed by atoms with van der Waals surface area (Å²) in [7, 11) is 0. The minimum Gasteiger partial charge on any atom is -0.462 e. The van der Waals surface area contributed by atoms with E-state index in [-0.39, 0.29) is 0 Å². The number of aryl methyl sites for hydroxylation is 1. The van der Waals surface area contributed by atoms with Gasteiger partial charge in [-0.1, -0.05) is 53.6 Å². The summed E-state index contributed by atoms with van der Waals surface area (Å²) in [5.74, 6) is -0.424. The molecule has 0 unspecified atom stereocenters. The fraction of sp³-hybridized carbons (Fsp3) is 0.130. The highest BCUT2D eigenvalue weighted by molar-refractivity contribution is 7.21. The van der Waals surface area contributed by atoms with Crippen LogP contribution in [0.2, 0.25) is 5.02 Å². The lowest BCUT2D eigenvalue weighted by Gasteiger charge is -2.09. The molecule has 0 atom stereocenters. The first-order valence-electron chi connectivity index (χ1n) is 9.21. The number of thiophene rings is 1. The topological polar surface area (TPSA) is 65.2 Å². The average molecular weight is 423 g/mol. The SMILES string of the molecule is CCOC(=O)c1sc2nc(-c3ccc(C)cc3)cc(-c3ccc(Cl)cc3)c2c1N. The van der Waals surface area contributed by atoms with Gasteiger partial charge in [0.1, 0.15) is 9.71 Å². The lowest BCUT2D eigenvalue weighted by molar-refractivity contribution is 0.0533. The van der Waals surface area contributed by atoms with E-state index in [0.717, 1.165) is 27.8 Å². The maximum atomic E-state index is 12.4. The van der Waals surface area contributed by atoms with E-state index in [0.29, 0.717) is 27.0 Å². The molecule has 0 aliphatic rings. The Morgan fingerprint density at radius 2 is 1.76 bits per heavy atom. The monoisotopic (exact) mass is 422 g/mol. The zero-order valence-corrected chi connectivity index (χ0v) is 17.6. The predicted octanol–water partition coefficient (Wildman–Crippen LogP) is 6.35. The van der Waals surface area contributed by atoms with Crippen molar-refractivity contribution >= 4 is 44.8 Å². The maximum absolute atomic E-state index is 12.4. The molecule has 4 rings (SSSR count). The Balaban J connectivity index is 1.99. The molecular weight excluding hydrogens is 404 g/mol. The number of nitrogen functional groups attached to an aromatic ring is 1. The molecule has 4 nitrogen and oxygen atoms in total. The number of carbonyl (C=O) groups excluding carboxylic acids is 1. The molecule has 0 amide bonds. The van der Waals surface area contributed by atoms with Crippen LogP contribution in [0, 0.1) is 6.92 Å². The summed E-state index contributed by atoms with van der Waals surface area (Å²) >= 11 is 7.33. The second-order valence-electron chi connectivity index (χ2n) is 6.67. The number of anilines is 1. The number of benzene rings is 2. The van der Waals surface area contributed by atoms with Crippen LogP contribution >= 0.6 is 22.9 Å². The first-order valence-corrected chi connectivity index (χ1v) is 10.4. The number of rotatable bonds is 4. The Hall–Kier alpha value is -2.89. The van der Waals surface area contributed by atoms with Crippen molar-refractivity contribution in [2.75, 3.05) is 12.3 Å². The van der Waals surface area contributed by atoms with Crippen LogP contribution in [0.25, 0.3) is 32.6 Å². The molecule has 29 heavy (non-hydrogen) atoms. The second kappa shape index (κ2) is 7.85. The van der Waals surface area contributed by atoms with Crippen LogP contribution < -0.4 is 5.73 Å². The van der Waals surface area contributed by atoms with Crippen molar-refractivity contribution in [1.82, 2.24) is 4.98 Å². The number of nitrogens with two attached hydrogens (primary N) is 1. The Labute approximate surface area is 177 Å². The first kappa shape index (κ1) is 19.4. The standard InChI is InChI=1S/C23H19ClN2O2S/c1-3-28-23(27)21-20(25)19-17(14-8-10-16(24)11-9-14)12-18(26-22(19)29-21)15-6-4-13(2)5-7-15/h4-12H,3,25H2,1-2H3. The molecule has 2 aromatic heterocycles. The molecule has 0 saturated heterocycles. The van der Waals surface area contributed by atoms with Crippen molar-refractivity contribution in [2.45, 2.75) is 13.8 Å². The van der Waals surface area contributed by atoms with Crippen LogP contribution in [0.4, 0.5) is 5.69 Å². The van der Waals surface area contributed by atoms with Gasteiger partial charge in [0, 0.05) is 16.0 Å². The normalized spacial score (nSPS) is 11.0. The van der Waals surface area contributed by atoms with Crippen molar-refractivity contribution in [2.24, 2.45) is 0 Å². The molecule has 0 aliphatic carbocycles. The van der Waals surface area contributed by atoms with Crippen LogP contribution in [0.1, 0.15) is 22.2 Å². The Morgan fingerprint density at radius 1 is 1.10 bits per heavy atom. The molecule has 0 spiro atoms. The summed E-state index contributed by atoms with van der Waals surface area (Å²) in [6.45, 7) is 4.11. The van der Waals surface area contributed by atoms with E-state index in [4.69, 9.17) is 27.1 Å². The molecule has 2 heterocycles. The summed E-state index contributed by atoms with van der Waals surface area (Å²) in [5, 5.41) is 1.42. The molecule has 0 saturated carbocycles. The third-order valence-electron chi connectivity index (χ3n) is 4.66. The van der Waals surface area contributed by atoms with Crippen molar-refractivity contribution in [3.63, 3.8) is 0 Å². The lowest BCUT2D eigenvalue weighted by atomic mass is 9.99. The molecule has 0 aliphatic heterocycles. The number of esters is 1. The van der Waals surface area contributed by atoms with Gasteiger partial charge in [0.05, 0.1) is 18.0 Å². The molecule has 146 valence electrons. The van der Waals surface area contributed by atoms with E-state index in [1.807, 2.05) is 49.4 Å². The summed E-state index contributed by atoms with van der Waals surface area (Å²) in [5.41, 5.74) is 11.6. The summed E-state index contributed by atoms with van der Waals surface area (Å²) < 4.78 is 5.17. The number of carbonyl (C=O) groups is 1. The summed E-state index contributed by atoms with van der Waals surface area (Å²) in [6.07, 6.45) is 0. The number of fused-ring (bicyclic) bond motifs is 1. The fourth-order valence-electron chi connectivity index (χ4n) is 3.20. The highest BCUT2D eigenvalue weighted by Gasteiger charge is 2.22. The van der Waals surface area contributed by atoms with E-state index in [1.165, 1.54) is 16.9 Å².